The van der Waals surface area contributed by atoms with Crippen molar-refractivity contribution in [1.82, 2.24) is 0 Å². The van der Waals surface area contributed by atoms with Crippen LogP contribution in [0, 0.1) is 0 Å². The molecule has 0 saturated heterocycles. The molecule has 2 heterocycles. The van der Waals surface area contributed by atoms with E-state index in [0.29, 0.717) is 48.7 Å². The number of aryl methyl sites for hydroxylation is 2. The van der Waals surface area contributed by atoms with E-state index in [1.807, 2.05) is 13.8 Å². The Labute approximate surface area is 408 Å². The van der Waals surface area contributed by atoms with Gasteiger partial charge in [-0.2, -0.15) is 0 Å². The zero-order valence-electron chi connectivity index (χ0n) is 43.3. The quantitative estimate of drug-likeness (QED) is 0.144. The van der Waals surface area contributed by atoms with Crippen molar-refractivity contribution in [2.24, 2.45) is 0 Å². The Kier molecular flexibility index (Phi) is 15.7. The van der Waals surface area contributed by atoms with Gasteiger partial charge in [-0.3, -0.25) is 0 Å². The van der Waals surface area contributed by atoms with Gasteiger partial charge in [-0.25, -0.2) is 9.13 Å². The average Bonchev–Trinajstić information content (AvgIpc) is 3.09. The molecular formula is C54H76MgO8P2. The Morgan fingerprint density at radius 1 is 0.400 bits per heavy atom. The molecule has 8 nitrogen and oxygen atoms in total. The van der Waals surface area contributed by atoms with E-state index >= 15 is 0 Å². The minimum atomic E-state index is -4.68. The second-order valence-corrected chi connectivity index (χ2v) is 26.6. The molecule has 0 aromatic heterocycles. The SMILES string of the molecule is CC(C)(C)c1cc2c(c(C(C)(C)C)c1)OP(=O)([O-])Oc1c(cc(C(C)(C)C)cc1C(C)(C)C)C2.CCc1cc(C(C)(C)C)cc2c1OP(=O)([O-])Oc1c(CC)cc(C(C)(C)C)cc1C2.[Mg+2]. The van der Waals surface area contributed by atoms with Gasteiger partial charge in [-0.05, 0) is 101 Å². The van der Waals surface area contributed by atoms with Crippen LogP contribution < -0.4 is 27.9 Å². The topological polar surface area (TPSA) is 117 Å². The summed E-state index contributed by atoms with van der Waals surface area (Å²) in [6, 6.07) is 16.7. The van der Waals surface area contributed by atoms with Crippen LogP contribution in [0.25, 0.3) is 0 Å². The summed E-state index contributed by atoms with van der Waals surface area (Å²) >= 11 is 0. The molecule has 0 saturated carbocycles. The van der Waals surface area contributed by atoms with Gasteiger partial charge in [0.25, 0.3) is 0 Å². The summed E-state index contributed by atoms with van der Waals surface area (Å²) < 4.78 is 48.7. The minimum Gasteiger partial charge on any atom is -0.736 e. The molecular weight excluding hydrogens is 863 g/mol. The average molecular weight is 939 g/mol. The van der Waals surface area contributed by atoms with Gasteiger partial charge in [0.1, 0.15) is 23.0 Å². The fourth-order valence-electron chi connectivity index (χ4n) is 8.13. The smallest absolute Gasteiger partial charge is 0.736 e. The molecule has 0 aliphatic carbocycles. The molecule has 352 valence electrons. The van der Waals surface area contributed by atoms with Crippen LogP contribution in [-0.4, -0.2) is 23.1 Å². The zero-order chi connectivity index (χ0) is 48.6. The van der Waals surface area contributed by atoms with E-state index in [2.05, 4.69) is 173 Å². The van der Waals surface area contributed by atoms with Crippen LogP contribution in [0.4, 0.5) is 0 Å². The van der Waals surface area contributed by atoms with E-state index in [1.54, 1.807) is 0 Å². The maximum absolute atomic E-state index is 13.3. The van der Waals surface area contributed by atoms with Crippen LogP contribution in [0.1, 0.15) is 205 Å². The molecule has 4 aromatic carbocycles. The fourth-order valence-corrected chi connectivity index (χ4v) is 10.00. The third-order valence-corrected chi connectivity index (χ3v) is 13.9. The molecule has 0 atom stereocenters. The van der Waals surface area contributed by atoms with Gasteiger partial charge in [0.05, 0.1) is 0 Å². The van der Waals surface area contributed by atoms with Crippen molar-refractivity contribution in [3.8, 4) is 23.0 Å². The van der Waals surface area contributed by atoms with E-state index in [0.717, 1.165) is 55.6 Å². The van der Waals surface area contributed by atoms with Gasteiger partial charge in [0, 0.05) is 24.0 Å². The van der Waals surface area contributed by atoms with Crippen molar-refractivity contribution in [2.75, 3.05) is 0 Å². The Hall–Kier alpha value is -2.77. The number of hydrogen-bond acceptors (Lipinski definition) is 8. The first-order valence-electron chi connectivity index (χ1n) is 22.9. The van der Waals surface area contributed by atoms with E-state index < -0.39 is 15.6 Å². The maximum Gasteiger partial charge on any atom is 2.00 e. The summed E-state index contributed by atoms with van der Waals surface area (Å²) in [5.74, 6) is 1.66. The fraction of sp³-hybridized carbons (Fsp3) is 0.556. The summed E-state index contributed by atoms with van der Waals surface area (Å²) in [5.41, 5.74) is 10.8. The normalized spacial score (nSPS) is 16.0. The van der Waals surface area contributed by atoms with Gasteiger partial charge in [0.2, 0.25) is 0 Å². The summed E-state index contributed by atoms with van der Waals surface area (Å²) in [7, 11) is -9.24. The van der Waals surface area contributed by atoms with Crippen LogP contribution in [0.3, 0.4) is 0 Å². The summed E-state index contributed by atoms with van der Waals surface area (Å²) in [4.78, 5) is 26.1. The number of phosphoric acid groups is 2. The molecule has 6 rings (SSSR count). The summed E-state index contributed by atoms with van der Waals surface area (Å²) in [6.07, 6.45) is 2.46. The van der Waals surface area contributed by atoms with Crippen LogP contribution in [0.2, 0.25) is 0 Å². The molecule has 0 unspecified atom stereocenters. The minimum absolute atomic E-state index is 0. The number of rotatable bonds is 2. The monoisotopic (exact) mass is 938 g/mol. The predicted octanol–water partition coefficient (Wildman–Crippen LogP) is 13.6. The molecule has 0 amide bonds. The maximum atomic E-state index is 13.3. The molecule has 0 bridgehead atoms. The number of hydrogen-bond donors (Lipinski definition) is 0. The van der Waals surface area contributed by atoms with Gasteiger partial charge < -0.3 is 27.9 Å². The Balaban J connectivity index is 0.000000282. The van der Waals surface area contributed by atoms with Crippen molar-refractivity contribution in [3.05, 3.63) is 115 Å². The first-order chi connectivity index (χ1) is 28.8. The predicted molar refractivity (Wildman–Crippen MR) is 266 cm³/mol. The van der Waals surface area contributed by atoms with Crippen molar-refractivity contribution >= 4 is 38.7 Å². The van der Waals surface area contributed by atoms with Crippen LogP contribution in [-0.2, 0) is 67.3 Å². The van der Waals surface area contributed by atoms with Crippen LogP contribution in [0.15, 0.2) is 48.5 Å². The van der Waals surface area contributed by atoms with Gasteiger partial charge in [0.15, 0.2) is 0 Å². The van der Waals surface area contributed by atoms with Crippen LogP contribution in [0.5, 0.6) is 23.0 Å². The molecule has 11 heteroatoms. The second kappa shape index (κ2) is 18.6. The van der Waals surface area contributed by atoms with Crippen molar-refractivity contribution in [2.45, 2.75) is 197 Å². The second-order valence-electron chi connectivity index (χ2n) is 24.1. The van der Waals surface area contributed by atoms with Crippen molar-refractivity contribution in [3.63, 3.8) is 0 Å². The van der Waals surface area contributed by atoms with Gasteiger partial charge in [-0.15, -0.1) is 0 Å². The van der Waals surface area contributed by atoms with Gasteiger partial charge in [-0.1, -0.05) is 187 Å². The van der Waals surface area contributed by atoms with Crippen molar-refractivity contribution in [1.29, 1.82) is 0 Å². The van der Waals surface area contributed by atoms with E-state index in [1.165, 1.54) is 11.1 Å². The third-order valence-electron chi connectivity index (χ3n) is 12.2. The number of benzene rings is 4. The number of fused-ring (bicyclic) bond motifs is 4. The Morgan fingerprint density at radius 3 is 0.862 bits per heavy atom. The molecule has 0 radical (unpaired) electrons. The summed E-state index contributed by atoms with van der Waals surface area (Å²) in [6.45, 7) is 42.6. The first-order valence-corrected chi connectivity index (χ1v) is 25.9. The molecule has 2 aliphatic rings. The molecule has 4 aromatic rings. The largest absolute Gasteiger partial charge is 2.00 e. The molecule has 2 aliphatic heterocycles. The summed E-state index contributed by atoms with van der Waals surface area (Å²) in [5, 5.41) is 0. The Bertz CT molecular complexity index is 2350. The zero-order valence-corrected chi connectivity index (χ0v) is 46.5. The van der Waals surface area contributed by atoms with Crippen molar-refractivity contribution < 1.29 is 37.0 Å². The van der Waals surface area contributed by atoms with E-state index in [4.69, 9.17) is 18.1 Å². The molecule has 0 fully saturated rings. The van der Waals surface area contributed by atoms with E-state index in [-0.39, 0.29) is 55.5 Å². The van der Waals surface area contributed by atoms with Crippen LogP contribution >= 0.6 is 15.6 Å². The molecule has 0 N–H and O–H groups in total. The first kappa shape index (κ1) is 54.8. The third kappa shape index (κ3) is 12.9. The van der Waals surface area contributed by atoms with E-state index in [9.17, 15) is 18.9 Å². The number of phosphoric ester groups is 2. The van der Waals surface area contributed by atoms with Gasteiger partial charge >= 0.3 is 38.7 Å². The standard InChI is InChI=1S/C29H43O4P.C25H35O4P.Mg/c1-26(2,3)20-14-18-13-19-15-21(27(4,5)6)17-23(29(10,11)12)25(19)33-34(30,31)32-24(18)22(16-20)28(7,8)9;1-9-16-12-20(24(3,4)5)14-18-11-19-15-21(25(6,7)8)13-17(10-2)23(19)29-30(26,27)28-22(16)18;/h14-17H,13H2,1-12H3,(H,30,31);12-15H,9-11H2,1-8H3,(H,26,27);/q;;+2/p-2. The molecule has 0 spiro atoms. The molecule has 65 heavy (non-hydrogen) atoms. The Morgan fingerprint density at radius 2 is 0.631 bits per heavy atom.